The number of aryl methyl sites for hydroxylation is 1. The number of benzene rings is 1. The summed E-state index contributed by atoms with van der Waals surface area (Å²) in [6, 6.07) is 5.47. The van der Waals surface area contributed by atoms with Crippen LogP contribution in [-0.2, 0) is 0 Å². The topological polar surface area (TPSA) is 55.1 Å². The van der Waals surface area contributed by atoms with E-state index in [-0.39, 0.29) is 18.2 Å². The van der Waals surface area contributed by atoms with Gasteiger partial charge in [0.1, 0.15) is 0 Å². The Morgan fingerprint density at radius 2 is 2.21 bits per heavy atom. The zero-order valence-corrected chi connectivity index (χ0v) is 11.5. The Morgan fingerprint density at radius 3 is 2.89 bits per heavy atom. The van der Waals surface area contributed by atoms with E-state index in [0.717, 1.165) is 24.8 Å². The maximum Gasteiger partial charge on any atom is 0.261 e. The number of aromatic nitrogens is 2. The number of aliphatic hydroxyl groups excluding tert-OH is 1. The van der Waals surface area contributed by atoms with Crippen LogP contribution in [0.1, 0.15) is 37.8 Å². The van der Waals surface area contributed by atoms with Crippen molar-refractivity contribution < 1.29 is 5.11 Å². The molecule has 0 saturated heterocycles. The van der Waals surface area contributed by atoms with E-state index in [2.05, 4.69) is 11.9 Å². The van der Waals surface area contributed by atoms with Gasteiger partial charge in [-0.2, -0.15) is 0 Å². The van der Waals surface area contributed by atoms with Gasteiger partial charge in [-0.15, -0.1) is 0 Å². The van der Waals surface area contributed by atoms with E-state index >= 15 is 0 Å². The number of aliphatic hydroxyl groups is 1. The molecule has 0 unspecified atom stereocenters. The molecule has 1 aromatic carbocycles. The van der Waals surface area contributed by atoms with Crippen molar-refractivity contribution in [3.8, 4) is 0 Å². The van der Waals surface area contributed by atoms with E-state index in [9.17, 15) is 9.90 Å². The lowest BCUT2D eigenvalue weighted by atomic mass is 10.1. The predicted molar refractivity (Wildman–Crippen MR) is 76.4 cm³/mol. The van der Waals surface area contributed by atoms with E-state index in [1.165, 1.54) is 0 Å². The van der Waals surface area contributed by atoms with Crippen molar-refractivity contribution in [2.75, 3.05) is 6.61 Å². The lowest BCUT2D eigenvalue weighted by Gasteiger charge is -2.17. The van der Waals surface area contributed by atoms with E-state index in [4.69, 9.17) is 0 Å². The maximum absolute atomic E-state index is 12.5. The van der Waals surface area contributed by atoms with Crippen LogP contribution in [0.2, 0.25) is 0 Å². The van der Waals surface area contributed by atoms with Crippen molar-refractivity contribution >= 4 is 10.9 Å². The van der Waals surface area contributed by atoms with Crippen molar-refractivity contribution in [2.45, 2.75) is 39.2 Å². The summed E-state index contributed by atoms with van der Waals surface area (Å²) < 4.78 is 1.57. The smallest absolute Gasteiger partial charge is 0.261 e. The van der Waals surface area contributed by atoms with E-state index in [0.29, 0.717) is 10.9 Å². The molecule has 19 heavy (non-hydrogen) atoms. The standard InChI is InChI=1S/C15H20N2O2/c1-3-4-7-12(9-18)17-10-16-13-8-5-6-11(2)14(13)15(17)19/h5-6,8,10,12,18H,3-4,7,9H2,1-2H3/t12-/m0/s1. The van der Waals surface area contributed by atoms with Crippen molar-refractivity contribution in [2.24, 2.45) is 0 Å². The van der Waals surface area contributed by atoms with Gasteiger partial charge in [-0.3, -0.25) is 9.36 Å². The van der Waals surface area contributed by atoms with E-state index < -0.39 is 0 Å². The van der Waals surface area contributed by atoms with Gasteiger partial charge in [0.25, 0.3) is 5.56 Å². The van der Waals surface area contributed by atoms with Gasteiger partial charge in [-0.25, -0.2) is 4.98 Å². The fourth-order valence-electron chi connectivity index (χ4n) is 2.36. The molecule has 0 fully saturated rings. The third kappa shape index (κ3) is 2.68. The molecule has 1 N–H and O–H groups in total. The summed E-state index contributed by atoms with van der Waals surface area (Å²) in [5.74, 6) is 0. The molecule has 0 aliphatic heterocycles. The quantitative estimate of drug-likeness (QED) is 0.898. The Kier molecular flexibility index (Phi) is 4.32. The molecule has 0 radical (unpaired) electrons. The van der Waals surface area contributed by atoms with Crippen molar-refractivity contribution in [1.82, 2.24) is 9.55 Å². The van der Waals surface area contributed by atoms with Crippen LogP contribution >= 0.6 is 0 Å². The molecule has 0 aliphatic rings. The molecule has 1 aromatic heterocycles. The molecule has 4 heteroatoms. The SMILES string of the molecule is CCCC[C@@H](CO)n1cnc2cccc(C)c2c1=O. The first-order valence-corrected chi connectivity index (χ1v) is 6.76. The molecule has 0 spiro atoms. The lowest BCUT2D eigenvalue weighted by molar-refractivity contribution is 0.215. The highest BCUT2D eigenvalue weighted by molar-refractivity contribution is 5.80. The summed E-state index contributed by atoms with van der Waals surface area (Å²) in [5, 5.41) is 10.1. The average molecular weight is 260 g/mol. The van der Waals surface area contributed by atoms with Crippen LogP contribution in [0.3, 0.4) is 0 Å². The summed E-state index contributed by atoms with van der Waals surface area (Å²) >= 11 is 0. The zero-order valence-electron chi connectivity index (χ0n) is 11.5. The summed E-state index contributed by atoms with van der Waals surface area (Å²) in [5.41, 5.74) is 1.59. The summed E-state index contributed by atoms with van der Waals surface area (Å²) in [4.78, 5) is 16.9. The molecular weight excluding hydrogens is 240 g/mol. The fraction of sp³-hybridized carbons (Fsp3) is 0.467. The Hall–Kier alpha value is -1.68. The summed E-state index contributed by atoms with van der Waals surface area (Å²) in [6.45, 7) is 3.98. The molecule has 1 heterocycles. The van der Waals surface area contributed by atoms with Crippen LogP contribution in [0.5, 0.6) is 0 Å². The fourth-order valence-corrected chi connectivity index (χ4v) is 2.36. The zero-order chi connectivity index (χ0) is 13.8. The van der Waals surface area contributed by atoms with E-state index in [1.54, 1.807) is 10.9 Å². The minimum atomic E-state index is -0.177. The molecule has 102 valence electrons. The first-order chi connectivity index (χ1) is 9.19. The normalized spacial score (nSPS) is 12.8. The van der Waals surface area contributed by atoms with Crippen LogP contribution in [-0.4, -0.2) is 21.3 Å². The molecular formula is C15H20N2O2. The summed E-state index contributed by atoms with van der Waals surface area (Å²) in [6.07, 6.45) is 4.39. The number of rotatable bonds is 5. The van der Waals surface area contributed by atoms with Gasteiger partial charge in [-0.05, 0) is 25.0 Å². The van der Waals surface area contributed by atoms with Crippen LogP contribution in [0.4, 0.5) is 0 Å². The van der Waals surface area contributed by atoms with Gasteiger partial charge in [0.05, 0.1) is 29.9 Å². The van der Waals surface area contributed by atoms with Gasteiger partial charge in [-0.1, -0.05) is 31.9 Å². The van der Waals surface area contributed by atoms with Crippen LogP contribution in [0, 0.1) is 6.92 Å². The molecule has 0 saturated carbocycles. The van der Waals surface area contributed by atoms with Crippen LogP contribution in [0.25, 0.3) is 10.9 Å². The average Bonchev–Trinajstić information content (AvgIpc) is 2.41. The van der Waals surface area contributed by atoms with Gasteiger partial charge >= 0.3 is 0 Å². The number of hydrogen-bond acceptors (Lipinski definition) is 3. The second kappa shape index (κ2) is 5.97. The maximum atomic E-state index is 12.5. The highest BCUT2D eigenvalue weighted by Gasteiger charge is 2.14. The first kappa shape index (κ1) is 13.7. The third-order valence-electron chi connectivity index (χ3n) is 3.52. The second-order valence-electron chi connectivity index (χ2n) is 4.90. The Morgan fingerprint density at radius 1 is 1.42 bits per heavy atom. The Balaban J connectivity index is 2.52. The largest absolute Gasteiger partial charge is 0.394 e. The number of fused-ring (bicyclic) bond motifs is 1. The van der Waals surface area contributed by atoms with Crippen LogP contribution < -0.4 is 5.56 Å². The molecule has 0 bridgehead atoms. The first-order valence-electron chi connectivity index (χ1n) is 6.76. The molecule has 0 amide bonds. The molecule has 1 atom stereocenters. The van der Waals surface area contributed by atoms with E-state index in [1.807, 2.05) is 25.1 Å². The van der Waals surface area contributed by atoms with Crippen molar-refractivity contribution in [3.63, 3.8) is 0 Å². The Labute approximate surface area is 112 Å². The van der Waals surface area contributed by atoms with Gasteiger partial charge in [0, 0.05) is 0 Å². The van der Waals surface area contributed by atoms with Gasteiger partial charge < -0.3 is 5.11 Å². The second-order valence-corrected chi connectivity index (χ2v) is 4.90. The van der Waals surface area contributed by atoms with Gasteiger partial charge in [0.15, 0.2) is 0 Å². The number of unbranched alkanes of at least 4 members (excludes halogenated alkanes) is 1. The van der Waals surface area contributed by atoms with Gasteiger partial charge in [0.2, 0.25) is 0 Å². The highest BCUT2D eigenvalue weighted by atomic mass is 16.3. The monoisotopic (exact) mass is 260 g/mol. The lowest BCUT2D eigenvalue weighted by Crippen LogP contribution is -2.27. The minimum absolute atomic E-state index is 0.0288. The highest BCUT2D eigenvalue weighted by Crippen LogP contribution is 2.16. The van der Waals surface area contributed by atoms with Crippen molar-refractivity contribution in [1.29, 1.82) is 0 Å². The minimum Gasteiger partial charge on any atom is -0.394 e. The molecule has 4 nitrogen and oxygen atoms in total. The molecule has 2 aromatic rings. The Bertz CT molecular complexity index is 619. The van der Waals surface area contributed by atoms with Crippen molar-refractivity contribution in [3.05, 3.63) is 40.4 Å². The van der Waals surface area contributed by atoms with Crippen LogP contribution in [0.15, 0.2) is 29.3 Å². The number of nitrogens with zero attached hydrogens (tertiary/aromatic N) is 2. The molecule has 0 aliphatic carbocycles. The predicted octanol–water partition coefficient (Wildman–Crippen LogP) is 2.43. The third-order valence-corrected chi connectivity index (χ3v) is 3.52. The molecule has 2 rings (SSSR count). The number of hydrogen-bond donors (Lipinski definition) is 1. The summed E-state index contributed by atoms with van der Waals surface area (Å²) in [7, 11) is 0.